The van der Waals surface area contributed by atoms with E-state index in [2.05, 4.69) is 53.7 Å². The maximum absolute atomic E-state index is 11.7. The monoisotopic (exact) mass is 380 g/mol. The van der Waals surface area contributed by atoms with Crippen molar-refractivity contribution >= 4 is 0 Å². The third-order valence-electron chi connectivity index (χ3n) is 9.01. The van der Waals surface area contributed by atoms with E-state index in [-0.39, 0.29) is 11.0 Å². The van der Waals surface area contributed by atoms with Crippen molar-refractivity contribution in [2.45, 2.75) is 96.5 Å². The number of allylic oxidation sites excluding steroid dienone is 2. The minimum atomic E-state index is -0.197. The second-order valence-corrected chi connectivity index (χ2v) is 11.3. The molecule has 1 saturated carbocycles. The zero-order chi connectivity index (χ0) is 20.0. The number of fused-ring (bicyclic) bond motifs is 7. The topological polar surface area (TPSA) is 29.5 Å². The lowest BCUT2D eigenvalue weighted by molar-refractivity contribution is 0.00683. The summed E-state index contributed by atoms with van der Waals surface area (Å²) in [5.41, 5.74) is 5.09. The molecule has 0 spiro atoms. The van der Waals surface area contributed by atoms with Crippen molar-refractivity contribution in [2.75, 3.05) is 0 Å². The second kappa shape index (κ2) is 5.80. The largest absolute Gasteiger partial charge is 0.507 e. The Bertz CT molecular complexity index is 860. The zero-order valence-corrected chi connectivity index (χ0v) is 18.4. The van der Waals surface area contributed by atoms with Gasteiger partial charge in [-0.1, -0.05) is 32.4 Å². The molecule has 2 heteroatoms. The van der Waals surface area contributed by atoms with Crippen LogP contribution in [0.5, 0.6) is 11.5 Å². The molecule has 152 valence electrons. The van der Waals surface area contributed by atoms with Gasteiger partial charge in [-0.25, -0.2) is 0 Å². The number of benzene rings is 1. The molecule has 4 aliphatic rings. The van der Waals surface area contributed by atoms with E-state index in [1.54, 1.807) is 0 Å². The van der Waals surface area contributed by atoms with E-state index in [1.807, 2.05) is 0 Å². The fourth-order valence-corrected chi connectivity index (χ4v) is 7.12. The van der Waals surface area contributed by atoms with E-state index < -0.39 is 0 Å². The summed E-state index contributed by atoms with van der Waals surface area (Å²) in [6, 6.07) is 2.34. The van der Waals surface area contributed by atoms with Crippen LogP contribution in [0.4, 0.5) is 0 Å². The number of phenolic OH excluding ortho intramolecular Hbond substituents is 1. The van der Waals surface area contributed by atoms with Gasteiger partial charge in [0.25, 0.3) is 0 Å². The molecular weight excluding hydrogens is 344 g/mol. The number of phenols is 1. The molecule has 0 amide bonds. The molecule has 1 N–H and O–H groups in total. The van der Waals surface area contributed by atoms with Crippen molar-refractivity contribution in [3.63, 3.8) is 0 Å². The van der Waals surface area contributed by atoms with Crippen molar-refractivity contribution in [1.82, 2.24) is 0 Å². The molecule has 5 atom stereocenters. The predicted molar refractivity (Wildman–Crippen MR) is 114 cm³/mol. The quantitative estimate of drug-likeness (QED) is 0.501. The van der Waals surface area contributed by atoms with Crippen LogP contribution in [0, 0.1) is 17.8 Å². The Morgan fingerprint density at radius 2 is 1.82 bits per heavy atom. The molecule has 2 nitrogen and oxygen atoms in total. The van der Waals surface area contributed by atoms with E-state index in [0.717, 1.165) is 24.2 Å². The summed E-state index contributed by atoms with van der Waals surface area (Å²) in [6.07, 6.45) is 8.29. The number of hydrogen-bond donors (Lipinski definition) is 1. The summed E-state index contributed by atoms with van der Waals surface area (Å²) >= 11 is 0. The Morgan fingerprint density at radius 3 is 2.57 bits per heavy atom. The first-order valence-electron chi connectivity index (χ1n) is 11.4. The number of rotatable bonds is 0. The van der Waals surface area contributed by atoms with Gasteiger partial charge in [-0.15, -0.1) is 0 Å². The molecule has 1 fully saturated rings. The molecule has 0 unspecified atom stereocenters. The van der Waals surface area contributed by atoms with E-state index in [9.17, 15) is 5.11 Å². The van der Waals surface area contributed by atoms with Gasteiger partial charge in [0, 0.05) is 23.0 Å². The molecule has 1 aromatic rings. The van der Waals surface area contributed by atoms with Crippen LogP contribution in [0.3, 0.4) is 0 Å². The average Bonchev–Trinajstić information content (AvgIpc) is 2.60. The summed E-state index contributed by atoms with van der Waals surface area (Å²) in [5.74, 6) is 4.20. The fourth-order valence-electron chi connectivity index (χ4n) is 7.12. The fraction of sp³-hybridized carbons (Fsp3) is 0.692. The molecule has 1 heterocycles. The number of hydrogen-bond acceptors (Lipinski definition) is 2. The zero-order valence-electron chi connectivity index (χ0n) is 18.4. The van der Waals surface area contributed by atoms with E-state index in [0.29, 0.717) is 35.3 Å². The van der Waals surface area contributed by atoms with Gasteiger partial charge in [-0.2, -0.15) is 0 Å². The lowest BCUT2D eigenvalue weighted by atomic mass is 9.54. The van der Waals surface area contributed by atoms with Crippen LogP contribution in [0.2, 0.25) is 0 Å². The minimum Gasteiger partial charge on any atom is -0.507 e. The van der Waals surface area contributed by atoms with Crippen molar-refractivity contribution in [3.8, 4) is 11.5 Å². The maximum atomic E-state index is 11.7. The highest BCUT2D eigenvalue weighted by atomic mass is 16.5. The van der Waals surface area contributed by atoms with Gasteiger partial charge < -0.3 is 9.84 Å². The normalized spacial score (nSPS) is 37.1. The van der Waals surface area contributed by atoms with Crippen LogP contribution >= 0.6 is 0 Å². The van der Waals surface area contributed by atoms with Crippen LogP contribution in [0.1, 0.15) is 102 Å². The highest BCUT2D eigenvalue weighted by Crippen LogP contribution is 2.62. The molecular formula is C26H36O2. The van der Waals surface area contributed by atoms with Crippen LogP contribution in [-0.4, -0.2) is 10.7 Å². The molecule has 0 saturated heterocycles. The van der Waals surface area contributed by atoms with Gasteiger partial charge in [0.2, 0.25) is 0 Å². The van der Waals surface area contributed by atoms with E-state index in [4.69, 9.17) is 4.74 Å². The van der Waals surface area contributed by atoms with Gasteiger partial charge in [0.05, 0.1) is 0 Å². The Hall–Kier alpha value is -1.44. The van der Waals surface area contributed by atoms with Gasteiger partial charge in [0.15, 0.2) is 0 Å². The van der Waals surface area contributed by atoms with Gasteiger partial charge >= 0.3 is 0 Å². The molecule has 1 aliphatic heterocycles. The molecule has 0 aromatic heterocycles. The molecule has 2 bridgehead atoms. The lowest BCUT2D eigenvalue weighted by Gasteiger charge is -2.52. The first-order valence-corrected chi connectivity index (χ1v) is 11.4. The molecule has 3 aliphatic carbocycles. The Morgan fingerprint density at radius 1 is 1.07 bits per heavy atom. The molecule has 28 heavy (non-hydrogen) atoms. The van der Waals surface area contributed by atoms with Crippen molar-refractivity contribution in [1.29, 1.82) is 0 Å². The van der Waals surface area contributed by atoms with E-state index in [1.165, 1.54) is 36.0 Å². The van der Waals surface area contributed by atoms with Crippen molar-refractivity contribution in [2.24, 2.45) is 17.8 Å². The molecule has 0 radical (unpaired) electrons. The molecule has 5 rings (SSSR count). The first-order chi connectivity index (χ1) is 13.1. The summed E-state index contributed by atoms with van der Waals surface area (Å²) < 4.78 is 6.62. The Balaban J connectivity index is 1.75. The number of aromatic hydroxyl groups is 1. The third-order valence-corrected chi connectivity index (χ3v) is 9.01. The Labute approximate surface area is 170 Å². The second-order valence-electron chi connectivity index (χ2n) is 11.3. The third kappa shape index (κ3) is 2.39. The summed E-state index contributed by atoms with van der Waals surface area (Å²) in [6.45, 7) is 13.9. The van der Waals surface area contributed by atoms with Crippen LogP contribution in [0.15, 0.2) is 17.7 Å². The van der Waals surface area contributed by atoms with Crippen molar-refractivity contribution < 1.29 is 9.84 Å². The average molecular weight is 381 g/mol. The van der Waals surface area contributed by atoms with Gasteiger partial charge in [-0.3, -0.25) is 0 Å². The predicted octanol–water partition coefficient (Wildman–Crippen LogP) is 6.81. The summed E-state index contributed by atoms with van der Waals surface area (Å²) in [7, 11) is 0. The first kappa shape index (κ1) is 18.6. The summed E-state index contributed by atoms with van der Waals surface area (Å²) in [5, 5.41) is 11.7. The number of ether oxygens (including phenoxy) is 1. The van der Waals surface area contributed by atoms with Crippen LogP contribution < -0.4 is 4.74 Å². The smallest absolute Gasteiger partial charge is 0.127 e. The lowest BCUT2D eigenvalue weighted by Crippen LogP contribution is -2.46. The summed E-state index contributed by atoms with van der Waals surface area (Å²) in [4.78, 5) is 0. The standard InChI is InChI=1S/C26H36O2/c1-14-7-10-19-18(11-14)23-21(28-26(19,5)6)13-20-22(24(23)27)17-12-16(25(20,3)4)9-8-15(17)2/h7,13,15-19,27H,8-12H2,1-6H3/t15-,16+,17-,18-,19-/m1/s1. The highest BCUT2D eigenvalue weighted by molar-refractivity contribution is 5.61. The minimum absolute atomic E-state index is 0.102. The van der Waals surface area contributed by atoms with E-state index >= 15 is 0 Å². The highest BCUT2D eigenvalue weighted by Gasteiger charge is 2.51. The van der Waals surface area contributed by atoms with Gasteiger partial charge in [-0.05, 0) is 87.7 Å². The SMILES string of the molecule is CC1=CC[C@@H]2[C@@H](C1)c1c(cc3c(c1O)[C@@H]1C[C@H](CC[C@H]1C)C3(C)C)OC2(C)C. The van der Waals surface area contributed by atoms with Crippen LogP contribution in [0.25, 0.3) is 0 Å². The Kier molecular flexibility index (Phi) is 3.85. The van der Waals surface area contributed by atoms with Gasteiger partial charge in [0.1, 0.15) is 17.1 Å². The van der Waals surface area contributed by atoms with Crippen molar-refractivity contribution in [3.05, 3.63) is 34.4 Å². The molecule has 1 aromatic carbocycles. The maximum Gasteiger partial charge on any atom is 0.127 e. The van der Waals surface area contributed by atoms with Crippen LogP contribution in [-0.2, 0) is 5.41 Å².